The zero-order valence-electron chi connectivity index (χ0n) is 11.4. The van der Waals surface area contributed by atoms with E-state index in [9.17, 15) is 0 Å². The number of nitrogens with one attached hydrogen (secondary N) is 1. The van der Waals surface area contributed by atoms with Gasteiger partial charge in [0, 0.05) is 28.9 Å². The third-order valence-corrected chi connectivity index (χ3v) is 4.09. The van der Waals surface area contributed by atoms with Crippen LogP contribution in [0.4, 0.5) is 5.69 Å². The van der Waals surface area contributed by atoms with Gasteiger partial charge in [-0.3, -0.25) is 0 Å². The van der Waals surface area contributed by atoms with E-state index in [1.54, 1.807) is 18.4 Å². The summed E-state index contributed by atoms with van der Waals surface area (Å²) in [6.07, 6.45) is 2.73. The molecular formula is C14H17N3OS2. The third kappa shape index (κ3) is 3.26. The molecule has 1 atom stereocenters. The first kappa shape index (κ1) is 14.7. The molecule has 0 spiro atoms. The summed E-state index contributed by atoms with van der Waals surface area (Å²) in [7, 11) is 1.64. The van der Waals surface area contributed by atoms with E-state index < -0.39 is 0 Å². The molecule has 106 valence electrons. The van der Waals surface area contributed by atoms with E-state index in [0.29, 0.717) is 4.99 Å². The predicted molar refractivity (Wildman–Crippen MR) is 87.7 cm³/mol. The molecule has 20 heavy (non-hydrogen) atoms. The Bertz CT molecular complexity index is 584. The molecule has 0 bridgehead atoms. The molecule has 1 aromatic carbocycles. The topological polar surface area (TPSA) is 60.2 Å². The van der Waals surface area contributed by atoms with Crippen LogP contribution in [0.5, 0.6) is 5.75 Å². The van der Waals surface area contributed by atoms with Crippen molar-refractivity contribution in [1.29, 1.82) is 0 Å². The van der Waals surface area contributed by atoms with E-state index in [1.165, 1.54) is 0 Å². The van der Waals surface area contributed by atoms with Gasteiger partial charge in [-0.25, -0.2) is 4.98 Å². The van der Waals surface area contributed by atoms with Crippen molar-refractivity contribution < 1.29 is 4.74 Å². The molecule has 6 heteroatoms. The zero-order valence-corrected chi connectivity index (χ0v) is 13.1. The number of ether oxygens (including phenoxy) is 1. The summed E-state index contributed by atoms with van der Waals surface area (Å²) in [6, 6.07) is 5.77. The third-order valence-electron chi connectivity index (χ3n) is 2.98. The highest BCUT2D eigenvalue weighted by molar-refractivity contribution is 7.80. The highest BCUT2D eigenvalue weighted by atomic mass is 32.1. The highest BCUT2D eigenvalue weighted by Crippen LogP contribution is 2.29. The second-order valence-corrected chi connectivity index (χ2v) is 5.62. The molecule has 0 saturated carbocycles. The lowest BCUT2D eigenvalue weighted by molar-refractivity contribution is 0.415. The Morgan fingerprint density at radius 3 is 2.90 bits per heavy atom. The van der Waals surface area contributed by atoms with E-state index in [0.717, 1.165) is 28.4 Å². The first-order chi connectivity index (χ1) is 9.65. The fourth-order valence-corrected chi connectivity index (χ4v) is 2.87. The van der Waals surface area contributed by atoms with Crippen LogP contribution in [-0.2, 0) is 0 Å². The maximum atomic E-state index is 5.78. The Kier molecular flexibility index (Phi) is 4.92. The van der Waals surface area contributed by atoms with Gasteiger partial charge in [0.15, 0.2) is 0 Å². The fourth-order valence-electron chi connectivity index (χ4n) is 1.92. The Morgan fingerprint density at radius 1 is 1.55 bits per heavy atom. The maximum absolute atomic E-state index is 5.78. The average Bonchev–Trinajstić information content (AvgIpc) is 2.98. The Labute approximate surface area is 128 Å². The normalized spacial score (nSPS) is 11.9. The van der Waals surface area contributed by atoms with Crippen LogP contribution in [0.3, 0.4) is 0 Å². The minimum Gasteiger partial charge on any atom is -0.497 e. The van der Waals surface area contributed by atoms with Crippen LogP contribution in [-0.4, -0.2) is 17.1 Å². The van der Waals surface area contributed by atoms with Crippen LogP contribution in [0.1, 0.15) is 30.0 Å². The first-order valence-electron chi connectivity index (χ1n) is 6.29. The molecule has 0 aliphatic rings. The van der Waals surface area contributed by atoms with Crippen molar-refractivity contribution in [2.24, 2.45) is 5.73 Å². The molecule has 1 heterocycles. The van der Waals surface area contributed by atoms with Gasteiger partial charge >= 0.3 is 0 Å². The van der Waals surface area contributed by atoms with E-state index >= 15 is 0 Å². The van der Waals surface area contributed by atoms with Crippen molar-refractivity contribution in [3.05, 3.63) is 40.3 Å². The molecule has 1 unspecified atom stereocenters. The molecule has 2 rings (SSSR count). The summed E-state index contributed by atoms with van der Waals surface area (Å²) >= 11 is 6.73. The van der Waals surface area contributed by atoms with Crippen molar-refractivity contribution in [3.63, 3.8) is 0 Å². The number of rotatable bonds is 6. The molecule has 0 saturated heterocycles. The Balaban J connectivity index is 2.33. The SMILES string of the molecule is CCC(Nc1cc(OC)ccc1C(N)=S)c1nccs1. The van der Waals surface area contributed by atoms with Crippen molar-refractivity contribution >= 4 is 34.2 Å². The summed E-state index contributed by atoms with van der Waals surface area (Å²) < 4.78 is 5.26. The molecule has 4 nitrogen and oxygen atoms in total. The lowest BCUT2D eigenvalue weighted by Crippen LogP contribution is -2.16. The predicted octanol–water partition coefficient (Wildman–Crippen LogP) is 3.35. The Morgan fingerprint density at radius 2 is 2.35 bits per heavy atom. The number of nitrogens with zero attached hydrogens (tertiary/aromatic N) is 1. The van der Waals surface area contributed by atoms with E-state index in [2.05, 4.69) is 17.2 Å². The van der Waals surface area contributed by atoms with Crippen molar-refractivity contribution in [2.75, 3.05) is 12.4 Å². The molecule has 0 aliphatic heterocycles. The largest absolute Gasteiger partial charge is 0.497 e. The molecule has 1 aromatic heterocycles. The lowest BCUT2D eigenvalue weighted by Gasteiger charge is -2.19. The minimum absolute atomic E-state index is 0.134. The smallest absolute Gasteiger partial charge is 0.120 e. The molecular weight excluding hydrogens is 290 g/mol. The second-order valence-electron chi connectivity index (χ2n) is 4.25. The van der Waals surface area contributed by atoms with Gasteiger partial charge in [-0.1, -0.05) is 19.1 Å². The standard InChI is InChI=1S/C14H17N3OS2/c1-3-11(14-16-6-7-20-14)17-12-8-9(18-2)4-5-10(12)13(15)19/h4-8,11,17H,3H2,1-2H3,(H2,15,19). The number of aromatic nitrogens is 1. The van der Waals surface area contributed by atoms with E-state index in [1.807, 2.05) is 29.8 Å². The van der Waals surface area contributed by atoms with Gasteiger partial charge in [-0.15, -0.1) is 11.3 Å². The zero-order chi connectivity index (χ0) is 14.5. The fraction of sp³-hybridized carbons (Fsp3) is 0.286. The summed E-state index contributed by atoms with van der Waals surface area (Å²) in [5.74, 6) is 0.765. The number of hydrogen-bond donors (Lipinski definition) is 2. The minimum atomic E-state index is 0.134. The molecule has 0 amide bonds. The quantitative estimate of drug-likeness (QED) is 0.801. The summed E-state index contributed by atoms with van der Waals surface area (Å²) in [6.45, 7) is 2.11. The number of hydrogen-bond acceptors (Lipinski definition) is 5. The van der Waals surface area contributed by atoms with Crippen LogP contribution < -0.4 is 15.8 Å². The van der Waals surface area contributed by atoms with Crippen molar-refractivity contribution in [3.8, 4) is 5.75 Å². The number of anilines is 1. The van der Waals surface area contributed by atoms with Crippen LogP contribution in [0.25, 0.3) is 0 Å². The van der Waals surface area contributed by atoms with Gasteiger partial charge in [0.05, 0.1) is 13.2 Å². The summed E-state index contributed by atoms with van der Waals surface area (Å²) in [5, 5.41) is 6.47. The monoisotopic (exact) mass is 307 g/mol. The van der Waals surface area contributed by atoms with Gasteiger partial charge in [0.2, 0.25) is 0 Å². The van der Waals surface area contributed by atoms with Gasteiger partial charge in [0.1, 0.15) is 15.7 Å². The van der Waals surface area contributed by atoms with Crippen molar-refractivity contribution in [1.82, 2.24) is 4.98 Å². The first-order valence-corrected chi connectivity index (χ1v) is 7.58. The average molecular weight is 307 g/mol. The summed E-state index contributed by atoms with van der Waals surface area (Å²) in [5.41, 5.74) is 7.47. The number of thiazole rings is 1. The maximum Gasteiger partial charge on any atom is 0.120 e. The molecule has 0 fully saturated rings. The van der Waals surface area contributed by atoms with Crippen LogP contribution in [0.15, 0.2) is 29.8 Å². The number of methoxy groups -OCH3 is 1. The van der Waals surface area contributed by atoms with Gasteiger partial charge < -0.3 is 15.8 Å². The Hall–Kier alpha value is -1.66. The summed E-state index contributed by atoms with van der Waals surface area (Å²) in [4.78, 5) is 4.73. The van der Waals surface area contributed by atoms with E-state index in [4.69, 9.17) is 22.7 Å². The molecule has 0 radical (unpaired) electrons. The highest BCUT2D eigenvalue weighted by Gasteiger charge is 2.15. The number of benzene rings is 1. The van der Waals surface area contributed by atoms with Crippen molar-refractivity contribution in [2.45, 2.75) is 19.4 Å². The van der Waals surface area contributed by atoms with Crippen LogP contribution in [0, 0.1) is 0 Å². The number of nitrogens with two attached hydrogens (primary N) is 1. The molecule has 2 aromatic rings. The lowest BCUT2D eigenvalue weighted by atomic mass is 10.1. The number of thiocarbonyl (C=S) groups is 1. The second kappa shape index (κ2) is 6.67. The molecule has 0 aliphatic carbocycles. The van der Waals surface area contributed by atoms with Gasteiger partial charge in [0.25, 0.3) is 0 Å². The van der Waals surface area contributed by atoms with Gasteiger partial charge in [-0.2, -0.15) is 0 Å². The van der Waals surface area contributed by atoms with Crippen LogP contribution >= 0.6 is 23.6 Å². The van der Waals surface area contributed by atoms with Gasteiger partial charge in [-0.05, 0) is 18.6 Å². The molecule has 3 N–H and O–H groups in total. The van der Waals surface area contributed by atoms with E-state index in [-0.39, 0.29) is 6.04 Å². The van der Waals surface area contributed by atoms with Crippen LogP contribution in [0.2, 0.25) is 0 Å².